The molecule has 1 N–H and O–H groups in total. The standard InChI is InChI=1S/C24H27N5O6/c1-3-35-23(31)20-21(16-4-6-18(7-5-16)29(32)33)25-24(26-22(20)30)28-14-12-27(13-15-28)17-8-10-19(34-2)11-9-17/h4-11,20-21H,3,12-15H2,1-2H3,(H,25,26,30). The summed E-state index contributed by atoms with van der Waals surface area (Å²) in [5.41, 5.74) is 1.52. The number of ether oxygens (including phenoxy) is 2. The number of nitrogens with zero attached hydrogens (tertiary/aromatic N) is 4. The normalized spacial score (nSPS) is 20.1. The van der Waals surface area contributed by atoms with E-state index in [0.717, 1.165) is 11.4 Å². The van der Waals surface area contributed by atoms with Gasteiger partial charge in [0.2, 0.25) is 11.9 Å². The van der Waals surface area contributed by atoms with Crippen LogP contribution in [0.1, 0.15) is 18.5 Å². The number of nitrogens with one attached hydrogen (secondary N) is 1. The third-order valence-corrected chi connectivity index (χ3v) is 6.10. The number of nitro groups is 1. The molecule has 0 radical (unpaired) electrons. The van der Waals surface area contributed by atoms with E-state index in [0.29, 0.717) is 37.7 Å². The van der Waals surface area contributed by atoms with Gasteiger partial charge in [-0.05, 0) is 36.8 Å². The van der Waals surface area contributed by atoms with Crippen LogP contribution in [0.5, 0.6) is 5.75 Å². The van der Waals surface area contributed by atoms with E-state index in [1.807, 2.05) is 29.2 Å². The number of piperazine rings is 1. The molecule has 0 saturated carbocycles. The van der Waals surface area contributed by atoms with Crippen molar-refractivity contribution in [1.82, 2.24) is 10.2 Å². The fourth-order valence-electron chi connectivity index (χ4n) is 4.23. The number of carbonyl (C=O) groups excluding carboxylic acids is 2. The Morgan fingerprint density at radius 1 is 1.09 bits per heavy atom. The number of anilines is 1. The SMILES string of the molecule is CCOC(=O)C1C(=O)NC(N2CCN(c3ccc(OC)cc3)CC2)=NC1c1ccc([N+](=O)[O-])cc1. The number of esters is 1. The Balaban J connectivity index is 1.55. The van der Waals surface area contributed by atoms with Crippen molar-refractivity contribution in [3.8, 4) is 5.75 Å². The molecular formula is C24H27N5O6. The van der Waals surface area contributed by atoms with Gasteiger partial charge < -0.3 is 19.3 Å². The predicted octanol–water partition coefficient (Wildman–Crippen LogP) is 2.13. The molecule has 2 atom stereocenters. The van der Waals surface area contributed by atoms with Gasteiger partial charge in [0.15, 0.2) is 5.92 Å². The molecule has 0 bridgehead atoms. The van der Waals surface area contributed by atoms with Crippen molar-refractivity contribution < 1.29 is 24.0 Å². The Kier molecular flexibility index (Phi) is 7.14. The minimum Gasteiger partial charge on any atom is -0.497 e. The quantitative estimate of drug-likeness (QED) is 0.288. The number of nitro benzene ring substituents is 1. The van der Waals surface area contributed by atoms with E-state index in [1.54, 1.807) is 14.0 Å². The number of hydrogen-bond acceptors (Lipinski definition) is 9. The average molecular weight is 482 g/mol. The zero-order valence-electron chi connectivity index (χ0n) is 19.5. The number of hydrogen-bond donors (Lipinski definition) is 1. The van der Waals surface area contributed by atoms with Crippen LogP contribution in [0.4, 0.5) is 11.4 Å². The van der Waals surface area contributed by atoms with E-state index in [1.165, 1.54) is 24.3 Å². The smallest absolute Gasteiger partial charge is 0.321 e. The lowest BCUT2D eigenvalue weighted by atomic mass is 9.91. The summed E-state index contributed by atoms with van der Waals surface area (Å²) in [5, 5.41) is 13.8. The first-order valence-electron chi connectivity index (χ1n) is 11.3. The zero-order chi connectivity index (χ0) is 24.9. The van der Waals surface area contributed by atoms with Crippen molar-refractivity contribution in [3.05, 3.63) is 64.2 Å². The molecule has 2 aliphatic rings. The van der Waals surface area contributed by atoms with Gasteiger partial charge in [-0.25, -0.2) is 4.99 Å². The molecule has 0 spiro atoms. The van der Waals surface area contributed by atoms with E-state index < -0.39 is 28.8 Å². The number of benzene rings is 2. The number of guanidine groups is 1. The van der Waals surface area contributed by atoms with Crippen molar-refractivity contribution in [2.75, 3.05) is 44.8 Å². The second-order valence-corrected chi connectivity index (χ2v) is 8.14. The van der Waals surface area contributed by atoms with Crippen molar-refractivity contribution in [3.63, 3.8) is 0 Å². The maximum atomic E-state index is 13.0. The lowest BCUT2D eigenvalue weighted by Crippen LogP contribution is -2.57. The predicted molar refractivity (Wildman–Crippen MR) is 128 cm³/mol. The van der Waals surface area contributed by atoms with Crippen molar-refractivity contribution in [1.29, 1.82) is 0 Å². The Morgan fingerprint density at radius 3 is 2.29 bits per heavy atom. The topological polar surface area (TPSA) is 127 Å². The van der Waals surface area contributed by atoms with Gasteiger partial charge in [-0.1, -0.05) is 12.1 Å². The molecule has 1 saturated heterocycles. The van der Waals surface area contributed by atoms with Crippen molar-refractivity contribution >= 4 is 29.2 Å². The molecule has 184 valence electrons. The first kappa shape index (κ1) is 24.0. The highest BCUT2D eigenvalue weighted by Gasteiger charge is 2.42. The van der Waals surface area contributed by atoms with E-state index in [9.17, 15) is 19.7 Å². The monoisotopic (exact) mass is 481 g/mol. The van der Waals surface area contributed by atoms with E-state index in [-0.39, 0.29) is 12.3 Å². The van der Waals surface area contributed by atoms with Crippen LogP contribution in [0.3, 0.4) is 0 Å². The third-order valence-electron chi connectivity index (χ3n) is 6.10. The van der Waals surface area contributed by atoms with E-state index >= 15 is 0 Å². The number of amides is 1. The average Bonchev–Trinajstić information content (AvgIpc) is 2.88. The van der Waals surface area contributed by atoms with Gasteiger partial charge >= 0.3 is 5.97 Å². The number of carbonyl (C=O) groups is 2. The second kappa shape index (κ2) is 10.4. The molecule has 4 rings (SSSR count). The molecule has 2 heterocycles. The number of non-ortho nitro benzene ring substituents is 1. The lowest BCUT2D eigenvalue weighted by Gasteiger charge is -2.39. The van der Waals surface area contributed by atoms with Gasteiger partial charge in [0, 0.05) is 44.0 Å². The Bertz CT molecular complexity index is 1110. The summed E-state index contributed by atoms with van der Waals surface area (Å²) < 4.78 is 10.3. The number of rotatable bonds is 6. The van der Waals surface area contributed by atoms with Gasteiger partial charge in [0.1, 0.15) is 11.8 Å². The summed E-state index contributed by atoms with van der Waals surface area (Å²) in [7, 11) is 1.63. The molecule has 2 aromatic carbocycles. The summed E-state index contributed by atoms with van der Waals surface area (Å²) in [6, 6.07) is 12.7. The van der Waals surface area contributed by atoms with E-state index in [2.05, 4.69) is 10.2 Å². The van der Waals surface area contributed by atoms with Crippen LogP contribution in [0.15, 0.2) is 53.5 Å². The first-order chi connectivity index (χ1) is 16.9. The van der Waals surface area contributed by atoms with Gasteiger partial charge in [0.25, 0.3) is 5.69 Å². The Labute approximate surface area is 202 Å². The van der Waals surface area contributed by atoms with E-state index in [4.69, 9.17) is 14.5 Å². The molecular weight excluding hydrogens is 454 g/mol. The van der Waals surface area contributed by atoms with Crippen molar-refractivity contribution in [2.24, 2.45) is 10.9 Å². The summed E-state index contributed by atoms with van der Waals surface area (Å²) in [4.78, 5) is 45.1. The fourth-order valence-corrected chi connectivity index (χ4v) is 4.23. The summed E-state index contributed by atoms with van der Waals surface area (Å²) in [6.45, 7) is 4.44. The van der Waals surface area contributed by atoms with Crippen LogP contribution >= 0.6 is 0 Å². The summed E-state index contributed by atoms with van der Waals surface area (Å²) in [5.74, 6) is -1.19. The first-order valence-corrected chi connectivity index (χ1v) is 11.3. The Hall–Kier alpha value is -4.15. The number of methoxy groups -OCH3 is 1. The van der Waals surface area contributed by atoms with Crippen LogP contribution in [-0.4, -0.2) is 67.6 Å². The number of aliphatic imine (C=N–C) groups is 1. The third kappa shape index (κ3) is 5.18. The second-order valence-electron chi connectivity index (χ2n) is 8.14. The maximum absolute atomic E-state index is 13.0. The summed E-state index contributed by atoms with van der Waals surface area (Å²) >= 11 is 0. The minimum atomic E-state index is -1.18. The van der Waals surface area contributed by atoms with Gasteiger partial charge in [-0.15, -0.1) is 0 Å². The highest BCUT2D eigenvalue weighted by atomic mass is 16.6. The minimum absolute atomic E-state index is 0.0828. The molecule has 35 heavy (non-hydrogen) atoms. The molecule has 2 unspecified atom stereocenters. The maximum Gasteiger partial charge on any atom is 0.321 e. The zero-order valence-corrected chi connectivity index (χ0v) is 19.5. The van der Waals surface area contributed by atoms with Gasteiger partial charge in [-0.3, -0.25) is 25.0 Å². The molecule has 11 nitrogen and oxygen atoms in total. The molecule has 2 aliphatic heterocycles. The molecule has 1 amide bonds. The summed E-state index contributed by atoms with van der Waals surface area (Å²) in [6.07, 6.45) is 0. The molecule has 2 aromatic rings. The van der Waals surface area contributed by atoms with Crippen LogP contribution in [0, 0.1) is 16.0 Å². The molecule has 11 heteroatoms. The van der Waals surface area contributed by atoms with Crippen LogP contribution < -0.4 is 15.0 Å². The fraction of sp³-hybridized carbons (Fsp3) is 0.375. The van der Waals surface area contributed by atoms with Gasteiger partial charge in [-0.2, -0.15) is 0 Å². The van der Waals surface area contributed by atoms with Crippen LogP contribution in [-0.2, 0) is 14.3 Å². The van der Waals surface area contributed by atoms with Gasteiger partial charge in [0.05, 0.1) is 18.6 Å². The van der Waals surface area contributed by atoms with Crippen molar-refractivity contribution in [2.45, 2.75) is 13.0 Å². The highest BCUT2D eigenvalue weighted by Crippen LogP contribution is 2.32. The molecule has 0 aromatic heterocycles. The van der Waals surface area contributed by atoms with Crippen LogP contribution in [0.25, 0.3) is 0 Å². The molecule has 1 fully saturated rings. The van der Waals surface area contributed by atoms with Crippen LogP contribution in [0.2, 0.25) is 0 Å². The largest absolute Gasteiger partial charge is 0.497 e. The highest BCUT2D eigenvalue weighted by molar-refractivity contribution is 6.08. The molecule has 0 aliphatic carbocycles. The lowest BCUT2D eigenvalue weighted by molar-refractivity contribution is -0.384. The Morgan fingerprint density at radius 2 is 1.71 bits per heavy atom.